The number of piperidine rings is 1. The zero-order valence-corrected chi connectivity index (χ0v) is 7.91. The molecule has 1 fully saturated rings. The molecule has 0 bridgehead atoms. The Morgan fingerprint density at radius 2 is 2.07 bits per heavy atom. The van der Waals surface area contributed by atoms with Crippen molar-refractivity contribution >= 4 is 0 Å². The first kappa shape index (κ1) is 9.62. The molecule has 2 nitrogen and oxygen atoms in total. The fourth-order valence-corrected chi connectivity index (χ4v) is 1.92. The van der Waals surface area contributed by atoms with Crippen LogP contribution in [0.4, 0.5) is 4.39 Å². The van der Waals surface area contributed by atoms with Gasteiger partial charge in [0.15, 0.2) is 0 Å². The fraction of sp³-hybridized carbons (Fsp3) is 0.455. The number of aliphatic hydroxyl groups is 1. The van der Waals surface area contributed by atoms with Crippen LogP contribution in [0.15, 0.2) is 24.3 Å². The minimum Gasteiger partial charge on any atom is -0.379 e. The predicted molar refractivity (Wildman–Crippen MR) is 52.1 cm³/mol. The van der Waals surface area contributed by atoms with E-state index in [1.165, 1.54) is 6.07 Å². The summed E-state index contributed by atoms with van der Waals surface area (Å²) in [4.78, 5) is 0. The van der Waals surface area contributed by atoms with E-state index in [-0.39, 0.29) is 11.9 Å². The van der Waals surface area contributed by atoms with Crippen LogP contribution >= 0.6 is 0 Å². The van der Waals surface area contributed by atoms with Crippen LogP contribution in [0.1, 0.15) is 30.9 Å². The first-order valence-electron chi connectivity index (χ1n) is 4.96. The lowest BCUT2D eigenvalue weighted by molar-refractivity contribution is 0.0844. The minimum atomic E-state index is -0.492. The van der Waals surface area contributed by atoms with Gasteiger partial charge in [-0.2, -0.15) is 0 Å². The van der Waals surface area contributed by atoms with E-state index in [9.17, 15) is 9.50 Å². The quantitative estimate of drug-likeness (QED) is 0.718. The van der Waals surface area contributed by atoms with Crippen molar-refractivity contribution in [3.05, 3.63) is 35.6 Å². The van der Waals surface area contributed by atoms with Gasteiger partial charge < -0.3 is 5.11 Å². The predicted octanol–water partition coefficient (Wildman–Crippen LogP) is 1.96. The molecule has 3 heteroatoms. The maximum Gasteiger partial charge on any atom is 0.127 e. The second-order valence-corrected chi connectivity index (χ2v) is 3.69. The molecule has 1 aromatic carbocycles. The third-order valence-electron chi connectivity index (χ3n) is 2.64. The van der Waals surface area contributed by atoms with Gasteiger partial charge in [-0.05, 0) is 25.3 Å². The van der Waals surface area contributed by atoms with E-state index in [2.05, 4.69) is 5.32 Å². The van der Waals surface area contributed by atoms with E-state index in [1.54, 1.807) is 12.1 Å². The average molecular weight is 195 g/mol. The average Bonchev–Trinajstić information content (AvgIpc) is 2.18. The molecule has 2 unspecified atom stereocenters. The van der Waals surface area contributed by atoms with Gasteiger partial charge in [-0.3, -0.25) is 5.32 Å². The number of nitrogens with one attached hydrogen (secondary N) is 1. The summed E-state index contributed by atoms with van der Waals surface area (Å²) in [5.74, 6) is -0.195. The Bertz CT molecular complexity index is 316. The van der Waals surface area contributed by atoms with Crippen molar-refractivity contribution in [2.75, 3.05) is 0 Å². The zero-order valence-electron chi connectivity index (χ0n) is 7.91. The summed E-state index contributed by atoms with van der Waals surface area (Å²) in [6.07, 6.45) is 2.09. The number of hydrogen-bond acceptors (Lipinski definition) is 2. The van der Waals surface area contributed by atoms with Gasteiger partial charge in [-0.1, -0.05) is 18.2 Å². The van der Waals surface area contributed by atoms with Crippen LogP contribution in [-0.2, 0) is 0 Å². The molecule has 14 heavy (non-hydrogen) atoms. The highest BCUT2D eigenvalue weighted by Crippen LogP contribution is 2.26. The van der Waals surface area contributed by atoms with E-state index in [1.807, 2.05) is 6.07 Å². The molecule has 1 heterocycles. The molecule has 0 radical (unpaired) electrons. The van der Waals surface area contributed by atoms with Crippen LogP contribution in [-0.4, -0.2) is 11.3 Å². The molecule has 0 aromatic heterocycles. The van der Waals surface area contributed by atoms with Gasteiger partial charge in [-0.15, -0.1) is 0 Å². The molecule has 1 aromatic rings. The molecule has 1 aliphatic rings. The van der Waals surface area contributed by atoms with Crippen molar-refractivity contribution in [2.45, 2.75) is 31.5 Å². The summed E-state index contributed by atoms with van der Waals surface area (Å²) < 4.78 is 13.4. The molecule has 2 atom stereocenters. The van der Waals surface area contributed by atoms with Crippen molar-refractivity contribution in [3.63, 3.8) is 0 Å². The zero-order chi connectivity index (χ0) is 9.97. The lowest BCUT2D eigenvalue weighted by Gasteiger charge is -2.28. The molecular weight excluding hydrogens is 181 g/mol. The molecule has 0 saturated carbocycles. The highest BCUT2D eigenvalue weighted by atomic mass is 19.1. The normalized spacial score (nSPS) is 27.6. The summed E-state index contributed by atoms with van der Waals surface area (Å²) in [7, 11) is 0. The Morgan fingerprint density at radius 1 is 1.29 bits per heavy atom. The van der Waals surface area contributed by atoms with Crippen molar-refractivity contribution < 1.29 is 9.50 Å². The monoisotopic (exact) mass is 195 g/mol. The lowest BCUT2D eigenvalue weighted by atomic mass is 9.96. The number of rotatable bonds is 1. The van der Waals surface area contributed by atoms with Crippen molar-refractivity contribution in [1.29, 1.82) is 0 Å². The highest BCUT2D eigenvalue weighted by Gasteiger charge is 2.22. The molecule has 0 aliphatic carbocycles. The van der Waals surface area contributed by atoms with E-state index in [0.29, 0.717) is 5.56 Å². The van der Waals surface area contributed by atoms with Gasteiger partial charge in [0.25, 0.3) is 0 Å². The second-order valence-electron chi connectivity index (χ2n) is 3.69. The van der Waals surface area contributed by atoms with Gasteiger partial charge in [-0.25, -0.2) is 4.39 Å². The largest absolute Gasteiger partial charge is 0.379 e. The summed E-state index contributed by atoms with van der Waals surface area (Å²) in [6, 6.07) is 6.68. The summed E-state index contributed by atoms with van der Waals surface area (Å²) in [5.41, 5.74) is 0.659. The Labute approximate surface area is 82.8 Å². The fourth-order valence-electron chi connectivity index (χ4n) is 1.92. The third kappa shape index (κ3) is 1.94. The van der Waals surface area contributed by atoms with E-state index in [4.69, 9.17) is 0 Å². The van der Waals surface area contributed by atoms with Crippen molar-refractivity contribution in [1.82, 2.24) is 5.32 Å². The number of aliphatic hydroxyl groups excluding tert-OH is 1. The first-order valence-corrected chi connectivity index (χ1v) is 4.96. The molecule has 0 amide bonds. The van der Waals surface area contributed by atoms with Crippen LogP contribution < -0.4 is 5.32 Å². The number of hydrogen-bond donors (Lipinski definition) is 2. The van der Waals surface area contributed by atoms with E-state index < -0.39 is 6.23 Å². The molecule has 2 rings (SSSR count). The van der Waals surface area contributed by atoms with Gasteiger partial charge in [0, 0.05) is 11.6 Å². The number of benzene rings is 1. The van der Waals surface area contributed by atoms with Crippen LogP contribution in [0.5, 0.6) is 0 Å². The second kappa shape index (κ2) is 4.07. The molecule has 0 spiro atoms. The van der Waals surface area contributed by atoms with Gasteiger partial charge in [0.05, 0.1) is 0 Å². The standard InChI is InChI=1S/C11H14FNO/c12-9-5-2-1-4-8(9)10-6-3-7-11(14)13-10/h1-2,4-5,10-11,13-14H,3,6-7H2. The Kier molecular flexibility index (Phi) is 2.79. The topological polar surface area (TPSA) is 32.3 Å². The smallest absolute Gasteiger partial charge is 0.127 e. The van der Waals surface area contributed by atoms with E-state index >= 15 is 0 Å². The highest BCUT2D eigenvalue weighted by molar-refractivity contribution is 5.21. The first-order chi connectivity index (χ1) is 6.77. The van der Waals surface area contributed by atoms with Gasteiger partial charge >= 0.3 is 0 Å². The summed E-state index contributed by atoms with van der Waals surface area (Å²) >= 11 is 0. The van der Waals surface area contributed by atoms with Crippen molar-refractivity contribution in [3.8, 4) is 0 Å². The molecular formula is C11H14FNO. The van der Waals surface area contributed by atoms with Gasteiger partial charge in [0.1, 0.15) is 12.0 Å². The number of halogens is 1. The molecule has 1 saturated heterocycles. The van der Waals surface area contributed by atoms with Crippen LogP contribution in [0.3, 0.4) is 0 Å². The Hall–Kier alpha value is -0.930. The third-order valence-corrected chi connectivity index (χ3v) is 2.64. The Balaban J connectivity index is 2.18. The van der Waals surface area contributed by atoms with Crippen LogP contribution in [0.25, 0.3) is 0 Å². The summed E-state index contributed by atoms with van der Waals surface area (Å²) in [5, 5.41) is 12.4. The molecule has 76 valence electrons. The molecule has 2 N–H and O–H groups in total. The SMILES string of the molecule is OC1CCCC(c2ccccc2F)N1. The Morgan fingerprint density at radius 3 is 2.79 bits per heavy atom. The van der Waals surface area contributed by atoms with Crippen LogP contribution in [0, 0.1) is 5.82 Å². The molecule has 1 aliphatic heterocycles. The minimum absolute atomic E-state index is 0.0417. The van der Waals surface area contributed by atoms with Crippen molar-refractivity contribution in [2.24, 2.45) is 0 Å². The lowest BCUT2D eigenvalue weighted by Crippen LogP contribution is -2.36. The van der Waals surface area contributed by atoms with Gasteiger partial charge in [0.2, 0.25) is 0 Å². The maximum atomic E-state index is 13.4. The summed E-state index contributed by atoms with van der Waals surface area (Å²) in [6.45, 7) is 0. The maximum absolute atomic E-state index is 13.4. The van der Waals surface area contributed by atoms with E-state index in [0.717, 1.165) is 19.3 Å². The van der Waals surface area contributed by atoms with Crippen LogP contribution in [0.2, 0.25) is 0 Å².